The first-order chi connectivity index (χ1) is 7.67. The monoisotopic (exact) mass is 262 g/mol. The minimum atomic E-state index is -0.286. The zero-order valence-electron chi connectivity index (χ0n) is 8.58. The number of benzene rings is 1. The van der Waals surface area contributed by atoms with Crippen molar-refractivity contribution in [1.82, 2.24) is 0 Å². The van der Waals surface area contributed by atoms with Crippen LogP contribution in [0.25, 0.3) is 0 Å². The van der Waals surface area contributed by atoms with E-state index in [1.54, 1.807) is 18.2 Å². The zero-order valence-corrected chi connectivity index (χ0v) is 10.1. The lowest BCUT2D eigenvalue weighted by molar-refractivity contribution is -0.153. The predicted molar refractivity (Wildman–Crippen MR) is 62.3 cm³/mol. The molecule has 1 aromatic carbocycles. The Kier molecular flexibility index (Phi) is 3.60. The number of hydrogen-bond donors (Lipinski definition) is 1. The summed E-state index contributed by atoms with van der Waals surface area (Å²) < 4.78 is 10.6. The van der Waals surface area contributed by atoms with Crippen LogP contribution in [-0.4, -0.2) is 31.5 Å². The van der Waals surface area contributed by atoms with Gasteiger partial charge in [-0.3, -0.25) is 0 Å². The molecule has 1 aromatic rings. The molecule has 0 radical (unpaired) electrons. The molecule has 88 valence electrons. The Labute approximate surface area is 104 Å². The Morgan fingerprint density at radius 2 is 2.12 bits per heavy atom. The molecule has 5 heteroatoms. The summed E-state index contributed by atoms with van der Waals surface area (Å²) in [6, 6.07) is 5.22. The summed E-state index contributed by atoms with van der Waals surface area (Å²) in [5.74, 6) is 0.536. The molecule has 3 nitrogen and oxygen atoms in total. The molecule has 0 amide bonds. The third-order valence-electron chi connectivity index (χ3n) is 2.60. The second kappa shape index (κ2) is 4.80. The third-order valence-corrected chi connectivity index (χ3v) is 3.40. The van der Waals surface area contributed by atoms with E-state index in [0.717, 1.165) is 0 Å². The standard InChI is InChI=1S/C11H12Cl2O3/c12-8-2-1-3-9(10(8)13)16-7-11(4-14)5-15-6-11/h1-3,14H,4-7H2. The molecule has 0 spiro atoms. The van der Waals surface area contributed by atoms with Crippen molar-refractivity contribution in [3.05, 3.63) is 28.2 Å². The normalized spacial score (nSPS) is 17.9. The Morgan fingerprint density at radius 3 is 2.69 bits per heavy atom. The Hall–Kier alpha value is -0.480. The molecule has 0 aromatic heterocycles. The quantitative estimate of drug-likeness (QED) is 0.906. The van der Waals surface area contributed by atoms with Gasteiger partial charge in [-0.15, -0.1) is 0 Å². The van der Waals surface area contributed by atoms with E-state index >= 15 is 0 Å². The smallest absolute Gasteiger partial charge is 0.139 e. The van der Waals surface area contributed by atoms with E-state index in [4.69, 9.17) is 32.7 Å². The second-order valence-electron chi connectivity index (χ2n) is 3.99. The fourth-order valence-corrected chi connectivity index (χ4v) is 1.78. The molecule has 0 saturated carbocycles. The van der Waals surface area contributed by atoms with Gasteiger partial charge in [0, 0.05) is 0 Å². The Morgan fingerprint density at radius 1 is 1.38 bits per heavy atom. The third kappa shape index (κ3) is 2.28. The van der Waals surface area contributed by atoms with Gasteiger partial charge in [0.15, 0.2) is 0 Å². The molecule has 1 aliphatic heterocycles. The molecule has 0 aliphatic carbocycles. The highest BCUT2D eigenvalue weighted by molar-refractivity contribution is 6.42. The summed E-state index contributed by atoms with van der Waals surface area (Å²) >= 11 is 11.8. The lowest BCUT2D eigenvalue weighted by Gasteiger charge is -2.39. The average molecular weight is 263 g/mol. The van der Waals surface area contributed by atoms with Crippen molar-refractivity contribution in [1.29, 1.82) is 0 Å². The Bertz CT molecular complexity index is 372. The maximum absolute atomic E-state index is 9.22. The maximum Gasteiger partial charge on any atom is 0.139 e. The molecule has 1 N–H and O–H groups in total. The second-order valence-corrected chi connectivity index (χ2v) is 4.78. The predicted octanol–water partition coefficient (Wildman–Crippen LogP) is 2.38. The SMILES string of the molecule is OCC1(COc2cccc(Cl)c2Cl)COC1. The number of ether oxygens (including phenoxy) is 2. The molecule has 2 rings (SSSR count). The van der Waals surface area contributed by atoms with Crippen molar-refractivity contribution >= 4 is 23.2 Å². The van der Waals surface area contributed by atoms with Gasteiger partial charge in [0.1, 0.15) is 17.4 Å². The van der Waals surface area contributed by atoms with Gasteiger partial charge < -0.3 is 14.6 Å². The van der Waals surface area contributed by atoms with Gasteiger partial charge >= 0.3 is 0 Å². The van der Waals surface area contributed by atoms with E-state index in [9.17, 15) is 5.11 Å². The average Bonchev–Trinajstić information content (AvgIpc) is 2.23. The van der Waals surface area contributed by atoms with Crippen LogP contribution in [0.1, 0.15) is 0 Å². The highest BCUT2D eigenvalue weighted by Gasteiger charge is 2.39. The highest BCUT2D eigenvalue weighted by Crippen LogP contribution is 2.34. The maximum atomic E-state index is 9.22. The van der Waals surface area contributed by atoms with Crippen LogP contribution in [0, 0.1) is 5.41 Å². The first-order valence-electron chi connectivity index (χ1n) is 4.92. The highest BCUT2D eigenvalue weighted by atomic mass is 35.5. The van der Waals surface area contributed by atoms with Gasteiger partial charge in [-0.05, 0) is 12.1 Å². The molecule has 16 heavy (non-hydrogen) atoms. The van der Waals surface area contributed by atoms with Crippen LogP contribution in [0.3, 0.4) is 0 Å². The van der Waals surface area contributed by atoms with E-state index in [-0.39, 0.29) is 12.0 Å². The van der Waals surface area contributed by atoms with Crippen LogP contribution >= 0.6 is 23.2 Å². The van der Waals surface area contributed by atoms with Crippen molar-refractivity contribution in [2.75, 3.05) is 26.4 Å². The summed E-state index contributed by atoms with van der Waals surface area (Å²) in [5.41, 5.74) is -0.286. The first kappa shape index (κ1) is 12.0. The van der Waals surface area contributed by atoms with E-state index in [0.29, 0.717) is 35.6 Å². The molecule has 1 heterocycles. The molecule has 0 unspecified atom stereocenters. The lowest BCUT2D eigenvalue weighted by Crippen LogP contribution is -2.49. The van der Waals surface area contributed by atoms with Crippen LogP contribution in [0.4, 0.5) is 0 Å². The summed E-state index contributed by atoms with van der Waals surface area (Å²) in [6.07, 6.45) is 0. The molecule has 1 fully saturated rings. The zero-order chi connectivity index (χ0) is 11.6. The summed E-state index contributed by atoms with van der Waals surface area (Å²) in [7, 11) is 0. The van der Waals surface area contributed by atoms with Crippen LogP contribution < -0.4 is 4.74 Å². The van der Waals surface area contributed by atoms with E-state index in [1.165, 1.54) is 0 Å². The van der Waals surface area contributed by atoms with Crippen LogP contribution in [0.2, 0.25) is 10.0 Å². The molecule has 0 bridgehead atoms. The lowest BCUT2D eigenvalue weighted by atomic mass is 9.88. The first-order valence-corrected chi connectivity index (χ1v) is 5.68. The molecule has 0 atom stereocenters. The number of halogens is 2. The fourth-order valence-electron chi connectivity index (χ4n) is 1.44. The summed E-state index contributed by atoms with van der Waals surface area (Å²) in [4.78, 5) is 0. The van der Waals surface area contributed by atoms with Crippen LogP contribution in [0.5, 0.6) is 5.75 Å². The van der Waals surface area contributed by atoms with Gasteiger partial charge in [0.25, 0.3) is 0 Å². The summed E-state index contributed by atoms with van der Waals surface area (Å²) in [5, 5.41) is 10.1. The molecule has 1 saturated heterocycles. The Balaban J connectivity index is 2.02. The molecular weight excluding hydrogens is 251 g/mol. The van der Waals surface area contributed by atoms with Gasteiger partial charge in [0.2, 0.25) is 0 Å². The van der Waals surface area contributed by atoms with Gasteiger partial charge in [0.05, 0.1) is 30.3 Å². The van der Waals surface area contributed by atoms with Crippen molar-refractivity contribution in [2.24, 2.45) is 5.41 Å². The molecule has 1 aliphatic rings. The van der Waals surface area contributed by atoms with E-state index < -0.39 is 0 Å². The van der Waals surface area contributed by atoms with Crippen molar-refractivity contribution < 1.29 is 14.6 Å². The number of rotatable bonds is 4. The minimum absolute atomic E-state index is 0.0468. The summed E-state index contributed by atoms with van der Waals surface area (Å²) in [6.45, 7) is 1.46. The van der Waals surface area contributed by atoms with Crippen molar-refractivity contribution in [3.8, 4) is 5.75 Å². The van der Waals surface area contributed by atoms with Gasteiger partial charge in [-0.1, -0.05) is 29.3 Å². The fraction of sp³-hybridized carbons (Fsp3) is 0.455. The number of hydrogen-bond acceptors (Lipinski definition) is 3. The number of aliphatic hydroxyl groups is 1. The van der Waals surface area contributed by atoms with Crippen molar-refractivity contribution in [3.63, 3.8) is 0 Å². The van der Waals surface area contributed by atoms with Gasteiger partial charge in [-0.25, -0.2) is 0 Å². The van der Waals surface area contributed by atoms with Crippen molar-refractivity contribution in [2.45, 2.75) is 0 Å². The molecular formula is C11H12Cl2O3. The van der Waals surface area contributed by atoms with Crippen LogP contribution in [-0.2, 0) is 4.74 Å². The topological polar surface area (TPSA) is 38.7 Å². The van der Waals surface area contributed by atoms with E-state index in [2.05, 4.69) is 0 Å². The number of aliphatic hydroxyl groups excluding tert-OH is 1. The minimum Gasteiger partial charge on any atom is -0.491 e. The van der Waals surface area contributed by atoms with E-state index in [1.807, 2.05) is 0 Å². The largest absolute Gasteiger partial charge is 0.491 e. The van der Waals surface area contributed by atoms with Crippen LogP contribution in [0.15, 0.2) is 18.2 Å². The van der Waals surface area contributed by atoms with Gasteiger partial charge in [-0.2, -0.15) is 0 Å².